The van der Waals surface area contributed by atoms with Gasteiger partial charge < -0.3 is 10.4 Å². The maximum atomic E-state index is 13.2. The maximum absolute atomic E-state index is 13.2. The fourth-order valence-electron chi connectivity index (χ4n) is 1.57. The van der Waals surface area contributed by atoms with Crippen molar-refractivity contribution in [3.05, 3.63) is 35.4 Å². The molecule has 0 aliphatic carbocycles. The van der Waals surface area contributed by atoms with Crippen LogP contribution < -0.4 is 5.32 Å². The van der Waals surface area contributed by atoms with Gasteiger partial charge in [0.15, 0.2) is 0 Å². The van der Waals surface area contributed by atoms with Gasteiger partial charge in [-0.2, -0.15) is 0 Å². The van der Waals surface area contributed by atoms with Crippen molar-refractivity contribution in [3.8, 4) is 0 Å². The normalized spacial score (nSPS) is 12.7. The highest BCUT2D eigenvalue weighted by Gasteiger charge is 2.03. The van der Waals surface area contributed by atoms with Crippen molar-refractivity contribution < 1.29 is 13.9 Å². The second-order valence-electron chi connectivity index (χ2n) is 4.34. The van der Waals surface area contributed by atoms with Gasteiger partial charge in [-0.05, 0) is 43.5 Å². The number of nitrogens with one attached hydrogen (secondary N) is 1. The van der Waals surface area contributed by atoms with Crippen molar-refractivity contribution in [1.29, 1.82) is 0 Å². The number of hydrogen-bond acceptors (Lipinski definition) is 2. The summed E-state index contributed by atoms with van der Waals surface area (Å²) in [7, 11) is 0. The fourth-order valence-corrected chi connectivity index (χ4v) is 1.57. The molecular weight excluding hydrogens is 224 g/mol. The molecule has 1 atom stereocenters. The molecule has 0 amide bonds. The van der Waals surface area contributed by atoms with Gasteiger partial charge in [-0.25, -0.2) is 8.78 Å². The number of benzene rings is 1. The zero-order valence-corrected chi connectivity index (χ0v) is 10.0. The molecule has 0 spiro atoms. The summed E-state index contributed by atoms with van der Waals surface area (Å²) in [6.07, 6.45) is 1.84. The Balaban J connectivity index is 2.24. The van der Waals surface area contributed by atoms with E-state index >= 15 is 0 Å². The molecule has 4 heteroatoms. The van der Waals surface area contributed by atoms with Crippen LogP contribution in [0.3, 0.4) is 0 Å². The minimum absolute atomic E-state index is 0.193. The first-order valence-corrected chi connectivity index (χ1v) is 5.89. The van der Waals surface area contributed by atoms with Crippen LogP contribution in [0.15, 0.2) is 18.2 Å². The van der Waals surface area contributed by atoms with Gasteiger partial charge in [0.2, 0.25) is 0 Å². The second kappa shape index (κ2) is 7.35. The highest BCUT2D eigenvalue weighted by molar-refractivity contribution is 5.18. The van der Waals surface area contributed by atoms with Gasteiger partial charge in [-0.1, -0.05) is 6.92 Å². The zero-order chi connectivity index (χ0) is 12.7. The van der Waals surface area contributed by atoms with Crippen molar-refractivity contribution in [2.45, 2.75) is 26.3 Å². The Kier molecular flexibility index (Phi) is 6.08. The summed E-state index contributed by atoms with van der Waals surface area (Å²) in [6.45, 7) is 3.24. The van der Waals surface area contributed by atoms with E-state index < -0.39 is 5.82 Å². The number of rotatable bonds is 7. The van der Waals surface area contributed by atoms with E-state index in [9.17, 15) is 8.78 Å². The molecule has 0 aromatic heterocycles. The molecule has 1 unspecified atom stereocenters. The summed E-state index contributed by atoms with van der Waals surface area (Å²) in [6, 6.07) is 3.46. The summed E-state index contributed by atoms with van der Waals surface area (Å²) in [4.78, 5) is 0. The van der Waals surface area contributed by atoms with E-state index in [1.165, 1.54) is 6.07 Å². The summed E-state index contributed by atoms with van der Waals surface area (Å²) in [5.74, 6) is -0.512. The molecule has 0 fully saturated rings. The third-order valence-corrected chi connectivity index (χ3v) is 2.69. The number of hydrogen-bond donors (Lipinski definition) is 2. The van der Waals surface area contributed by atoms with Gasteiger partial charge in [0, 0.05) is 18.7 Å². The molecular formula is C13H19F2NO. The largest absolute Gasteiger partial charge is 0.396 e. The quantitative estimate of drug-likeness (QED) is 0.721. The van der Waals surface area contributed by atoms with E-state index in [1.807, 2.05) is 6.92 Å². The smallest absolute Gasteiger partial charge is 0.127 e. The van der Waals surface area contributed by atoms with Crippen molar-refractivity contribution in [2.24, 2.45) is 5.92 Å². The number of aliphatic hydroxyl groups excluding tert-OH is 1. The average Bonchev–Trinajstić information content (AvgIpc) is 2.32. The molecule has 1 aromatic carbocycles. The zero-order valence-electron chi connectivity index (χ0n) is 10.0. The lowest BCUT2D eigenvalue weighted by Crippen LogP contribution is -2.17. The van der Waals surface area contributed by atoms with Crippen LogP contribution in [0.25, 0.3) is 0 Å². The molecule has 0 heterocycles. The van der Waals surface area contributed by atoms with E-state index in [4.69, 9.17) is 5.11 Å². The van der Waals surface area contributed by atoms with E-state index in [2.05, 4.69) is 5.32 Å². The van der Waals surface area contributed by atoms with Crippen LogP contribution in [-0.2, 0) is 6.54 Å². The van der Waals surface area contributed by atoms with Crippen LogP contribution in [0.4, 0.5) is 8.78 Å². The third-order valence-electron chi connectivity index (χ3n) is 2.69. The van der Waals surface area contributed by atoms with Crippen molar-refractivity contribution in [1.82, 2.24) is 5.32 Å². The van der Waals surface area contributed by atoms with E-state index in [0.717, 1.165) is 31.5 Å². The summed E-state index contributed by atoms with van der Waals surface area (Å²) < 4.78 is 26.1. The van der Waals surface area contributed by atoms with Crippen LogP contribution >= 0.6 is 0 Å². The van der Waals surface area contributed by atoms with Gasteiger partial charge in [0.1, 0.15) is 11.6 Å². The van der Waals surface area contributed by atoms with Crippen molar-refractivity contribution in [3.63, 3.8) is 0 Å². The predicted octanol–water partition coefficient (Wildman–Crippen LogP) is 2.46. The Hall–Kier alpha value is -1.00. The second-order valence-corrected chi connectivity index (χ2v) is 4.34. The van der Waals surface area contributed by atoms with Gasteiger partial charge in [0.25, 0.3) is 0 Å². The SMILES string of the molecule is CC(CO)CCCNCc1cc(F)ccc1F. The Bertz CT molecular complexity index is 344. The summed E-state index contributed by atoms with van der Waals surface area (Å²) in [5, 5.41) is 11.9. The minimum atomic E-state index is -0.419. The molecule has 2 nitrogen and oxygen atoms in total. The molecule has 0 aliphatic heterocycles. The monoisotopic (exact) mass is 243 g/mol. The first-order valence-electron chi connectivity index (χ1n) is 5.89. The standard InChI is InChI=1S/C13H19F2NO/c1-10(9-17)3-2-6-16-8-11-7-12(14)4-5-13(11)15/h4-5,7,10,16-17H,2-3,6,8-9H2,1H3. The molecule has 0 saturated heterocycles. The molecule has 2 N–H and O–H groups in total. The van der Waals surface area contributed by atoms with E-state index in [1.54, 1.807) is 0 Å². The summed E-state index contributed by atoms with van der Waals surface area (Å²) in [5.41, 5.74) is 0.347. The lowest BCUT2D eigenvalue weighted by molar-refractivity contribution is 0.228. The highest BCUT2D eigenvalue weighted by atomic mass is 19.1. The first kappa shape index (κ1) is 14.1. The highest BCUT2D eigenvalue weighted by Crippen LogP contribution is 2.09. The maximum Gasteiger partial charge on any atom is 0.127 e. The Morgan fingerprint density at radius 1 is 1.35 bits per heavy atom. The van der Waals surface area contributed by atoms with Crippen molar-refractivity contribution >= 4 is 0 Å². The minimum Gasteiger partial charge on any atom is -0.396 e. The van der Waals surface area contributed by atoms with E-state index in [0.29, 0.717) is 18.0 Å². The Morgan fingerprint density at radius 3 is 2.82 bits per heavy atom. The Labute approximate surface area is 101 Å². The van der Waals surface area contributed by atoms with Gasteiger partial charge in [0.05, 0.1) is 0 Å². The lowest BCUT2D eigenvalue weighted by atomic mass is 10.1. The van der Waals surface area contributed by atoms with Gasteiger partial charge in [-0.15, -0.1) is 0 Å². The molecule has 0 radical (unpaired) electrons. The van der Waals surface area contributed by atoms with Crippen LogP contribution in [0, 0.1) is 17.6 Å². The van der Waals surface area contributed by atoms with Crippen LogP contribution in [-0.4, -0.2) is 18.3 Å². The third kappa shape index (κ3) is 5.24. The number of aliphatic hydroxyl groups is 1. The van der Waals surface area contributed by atoms with Crippen LogP contribution in [0.5, 0.6) is 0 Å². The Morgan fingerprint density at radius 2 is 2.12 bits per heavy atom. The van der Waals surface area contributed by atoms with Crippen LogP contribution in [0.2, 0.25) is 0 Å². The molecule has 0 saturated carbocycles. The molecule has 17 heavy (non-hydrogen) atoms. The average molecular weight is 243 g/mol. The van der Waals surface area contributed by atoms with E-state index in [-0.39, 0.29) is 12.4 Å². The van der Waals surface area contributed by atoms with Gasteiger partial charge >= 0.3 is 0 Å². The number of halogens is 2. The molecule has 0 aliphatic rings. The topological polar surface area (TPSA) is 32.3 Å². The molecule has 1 rings (SSSR count). The fraction of sp³-hybridized carbons (Fsp3) is 0.538. The molecule has 1 aromatic rings. The summed E-state index contributed by atoms with van der Waals surface area (Å²) >= 11 is 0. The lowest BCUT2D eigenvalue weighted by Gasteiger charge is -2.09. The van der Waals surface area contributed by atoms with Crippen LogP contribution in [0.1, 0.15) is 25.3 Å². The molecule has 0 bridgehead atoms. The first-order chi connectivity index (χ1) is 8.13. The van der Waals surface area contributed by atoms with Crippen molar-refractivity contribution in [2.75, 3.05) is 13.2 Å². The van der Waals surface area contributed by atoms with Gasteiger partial charge in [-0.3, -0.25) is 0 Å². The molecule has 96 valence electrons. The predicted molar refractivity (Wildman–Crippen MR) is 63.5 cm³/mol.